The molecular weight excluding hydrogens is 242 g/mol. The van der Waals surface area contributed by atoms with Crippen molar-refractivity contribution in [1.29, 1.82) is 0 Å². The number of aryl methyl sites for hydroxylation is 2. The maximum absolute atomic E-state index is 11.4. The van der Waals surface area contributed by atoms with Crippen LogP contribution in [-0.4, -0.2) is 5.91 Å². The highest BCUT2D eigenvalue weighted by Crippen LogP contribution is 2.20. The van der Waals surface area contributed by atoms with E-state index in [4.69, 9.17) is 0 Å². The van der Waals surface area contributed by atoms with Gasteiger partial charge in [-0.2, -0.15) is 0 Å². The number of nitrogens with one attached hydrogen (secondary N) is 1. The summed E-state index contributed by atoms with van der Waals surface area (Å²) in [6.07, 6.45) is 0. The lowest BCUT2D eigenvalue weighted by Crippen LogP contribution is -2.12. The molecule has 1 aromatic carbocycles. The summed E-state index contributed by atoms with van der Waals surface area (Å²) in [7, 11) is 0. The van der Waals surface area contributed by atoms with Crippen molar-refractivity contribution in [3.05, 3.63) is 40.4 Å². The predicted octanol–water partition coefficient (Wildman–Crippen LogP) is 3.15. The maximum Gasteiger partial charge on any atom is 0.262 e. The number of benzene rings is 1. The fourth-order valence-corrected chi connectivity index (χ4v) is 1.29. The lowest BCUT2D eigenvalue weighted by Gasteiger charge is -2.10. The lowest BCUT2D eigenvalue weighted by molar-refractivity contribution is -0.112. The van der Waals surface area contributed by atoms with Gasteiger partial charge in [0.25, 0.3) is 5.91 Å². The number of amides is 1. The normalized spacial score (nSPS) is 9.64. The number of hydrogen-bond donors (Lipinski definition) is 1. The first-order chi connectivity index (χ1) is 6.52. The Morgan fingerprint density at radius 1 is 1.36 bits per heavy atom. The first-order valence-corrected chi connectivity index (χ1v) is 5.03. The molecule has 0 radical (unpaired) electrons. The van der Waals surface area contributed by atoms with Crippen molar-refractivity contribution in [1.82, 2.24) is 0 Å². The van der Waals surface area contributed by atoms with Gasteiger partial charge in [0.05, 0.1) is 4.48 Å². The van der Waals surface area contributed by atoms with E-state index < -0.39 is 0 Å². The van der Waals surface area contributed by atoms with Crippen LogP contribution in [0.25, 0.3) is 0 Å². The molecule has 1 amide bonds. The largest absolute Gasteiger partial charge is 0.321 e. The van der Waals surface area contributed by atoms with Crippen molar-refractivity contribution in [3.63, 3.8) is 0 Å². The van der Waals surface area contributed by atoms with E-state index in [1.807, 2.05) is 32.0 Å². The molecule has 14 heavy (non-hydrogen) atoms. The van der Waals surface area contributed by atoms with Gasteiger partial charge in [-0.3, -0.25) is 4.79 Å². The number of anilines is 1. The average molecular weight is 254 g/mol. The van der Waals surface area contributed by atoms with Gasteiger partial charge in [-0.05, 0) is 40.9 Å². The van der Waals surface area contributed by atoms with Crippen LogP contribution in [0.15, 0.2) is 29.3 Å². The number of hydrogen-bond acceptors (Lipinski definition) is 1. The highest BCUT2D eigenvalue weighted by atomic mass is 79.9. The van der Waals surface area contributed by atoms with Crippen LogP contribution >= 0.6 is 15.9 Å². The molecule has 1 aromatic rings. The molecule has 0 aromatic heterocycles. The molecule has 0 saturated heterocycles. The van der Waals surface area contributed by atoms with Crippen LogP contribution in [0.3, 0.4) is 0 Å². The predicted molar refractivity (Wildman–Crippen MR) is 62.6 cm³/mol. The smallest absolute Gasteiger partial charge is 0.262 e. The second-order valence-corrected chi connectivity index (χ2v) is 4.08. The number of carbonyl (C=O) groups is 1. The van der Waals surface area contributed by atoms with Crippen LogP contribution < -0.4 is 5.32 Å². The molecule has 1 N–H and O–H groups in total. The molecule has 0 aliphatic heterocycles. The van der Waals surface area contributed by atoms with Crippen molar-refractivity contribution in [3.8, 4) is 0 Å². The van der Waals surface area contributed by atoms with Crippen molar-refractivity contribution in [2.24, 2.45) is 0 Å². The van der Waals surface area contributed by atoms with Gasteiger partial charge < -0.3 is 5.32 Å². The first-order valence-electron chi connectivity index (χ1n) is 4.24. The molecule has 0 unspecified atom stereocenters. The fraction of sp³-hybridized carbons (Fsp3) is 0.182. The molecule has 74 valence electrons. The molecule has 0 spiro atoms. The van der Waals surface area contributed by atoms with Gasteiger partial charge >= 0.3 is 0 Å². The number of rotatable bonds is 2. The zero-order valence-electron chi connectivity index (χ0n) is 8.23. The van der Waals surface area contributed by atoms with Crippen molar-refractivity contribution >= 4 is 27.5 Å². The molecule has 0 aliphatic rings. The molecule has 0 saturated carbocycles. The van der Waals surface area contributed by atoms with Crippen LogP contribution in [0.5, 0.6) is 0 Å². The standard InChI is InChI=1S/C11H12BrNO/c1-7-5-4-6-8(2)10(7)13-11(14)9(3)12/h4-6H,3H2,1-2H3,(H,13,14). The summed E-state index contributed by atoms with van der Waals surface area (Å²) in [4.78, 5) is 11.4. The summed E-state index contributed by atoms with van der Waals surface area (Å²) < 4.78 is 0.333. The molecule has 0 heterocycles. The van der Waals surface area contributed by atoms with Crippen LogP contribution in [0, 0.1) is 13.8 Å². The fourth-order valence-electron chi connectivity index (χ4n) is 1.19. The van der Waals surface area contributed by atoms with E-state index in [1.54, 1.807) is 0 Å². The van der Waals surface area contributed by atoms with Gasteiger partial charge in [0, 0.05) is 5.69 Å². The minimum Gasteiger partial charge on any atom is -0.321 e. The molecule has 0 atom stereocenters. The Balaban J connectivity index is 2.97. The van der Waals surface area contributed by atoms with Gasteiger partial charge in [-0.1, -0.05) is 24.8 Å². The zero-order chi connectivity index (χ0) is 10.7. The topological polar surface area (TPSA) is 29.1 Å². The van der Waals surface area contributed by atoms with Crippen LogP contribution in [0.2, 0.25) is 0 Å². The van der Waals surface area contributed by atoms with E-state index in [9.17, 15) is 4.79 Å². The summed E-state index contributed by atoms with van der Waals surface area (Å²) in [5.41, 5.74) is 2.96. The van der Waals surface area contributed by atoms with Crippen molar-refractivity contribution in [2.45, 2.75) is 13.8 Å². The van der Waals surface area contributed by atoms with Gasteiger partial charge in [-0.25, -0.2) is 0 Å². The molecule has 0 fully saturated rings. The Bertz CT molecular complexity index is 365. The number of para-hydroxylation sites is 1. The summed E-state index contributed by atoms with van der Waals surface area (Å²) >= 11 is 3.04. The summed E-state index contributed by atoms with van der Waals surface area (Å²) in [6, 6.07) is 5.88. The van der Waals surface area contributed by atoms with E-state index in [2.05, 4.69) is 27.8 Å². The summed E-state index contributed by atoms with van der Waals surface area (Å²) in [5, 5.41) is 2.79. The van der Waals surface area contributed by atoms with E-state index >= 15 is 0 Å². The molecule has 2 nitrogen and oxygen atoms in total. The Labute approximate surface area is 92.1 Å². The van der Waals surface area contributed by atoms with Crippen LogP contribution in [0.1, 0.15) is 11.1 Å². The highest BCUT2D eigenvalue weighted by Gasteiger charge is 2.07. The van der Waals surface area contributed by atoms with Gasteiger partial charge in [0.1, 0.15) is 0 Å². The third kappa shape index (κ3) is 2.45. The van der Waals surface area contributed by atoms with E-state index in [-0.39, 0.29) is 5.91 Å². The van der Waals surface area contributed by atoms with Crippen molar-refractivity contribution < 1.29 is 4.79 Å². The van der Waals surface area contributed by atoms with E-state index in [0.29, 0.717) is 4.48 Å². The third-order valence-corrected chi connectivity index (χ3v) is 2.33. The minimum atomic E-state index is -0.206. The zero-order valence-corrected chi connectivity index (χ0v) is 9.81. The first kappa shape index (κ1) is 11.0. The lowest BCUT2D eigenvalue weighted by atomic mass is 10.1. The average Bonchev–Trinajstić information content (AvgIpc) is 2.11. The number of halogens is 1. The number of carbonyl (C=O) groups excluding carboxylic acids is 1. The molecule has 0 bridgehead atoms. The van der Waals surface area contributed by atoms with Gasteiger partial charge in [0.2, 0.25) is 0 Å². The van der Waals surface area contributed by atoms with Crippen LogP contribution in [0.4, 0.5) is 5.69 Å². The minimum absolute atomic E-state index is 0.206. The van der Waals surface area contributed by atoms with Crippen molar-refractivity contribution in [2.75, 3.05) is 5.32 Å². The summed E-state index contributed by atoms with van der Waals surface area (Å²) in [6.45, 7) is 7.43. The summed E-state index contributed by atoms with van der Waals surface area (Å²) in [5.74, 6) is -0.206. The highest BCUT2D eigenvalue weighted by molar-refractivity contribution is 9.12. The van der Waals surface area contributed by atoms with Crippen LogP contribution in [-0.2, 0) is 4.79 Å². The Morgan fingerprint density at radius 2 is 1.86 bits per heavy atom. The monoisotopic (exact) mass is 253 g/mol. The Morgan fingerprint density at radius 3 is 2.29 bits per heavy atom. The van der Waals surface area contributed by atoms with E-state index in [0.717, 1.165) is 16.8 Å². The molecular formula is C11H12BrNO. The molecule has 0 aliphatic carbocycles. The maximum atomic E-state index is 11.4. The molecule has 1 rings (SSSR count). The van der Waals surface area contributed by atoms with E-state index in [1.165, 1.54) is 0 Å². The second kappa shape index (κ2) is 4.42. The van der Waals surface area contributed by atoms with Gasteiger partial charge in [0.15, 0.2) is 0 Å². The Kier molecular flexibility index (Phi) is 3.47. The van der Waals surface area contributed by atoms with Gasteiger partial charge in [-0.15, -0.1) is 0 Å². The molecule has 3 heteroatoms. The SMILES string of the molecule is C=C(Br)C(=O)Nc1c(C)cccc1C. The third-order valence-electron chi connectivity index (χ3n) is 1.97. The second-order valence-electron chi connectivity index (χ2n) is 3.13. The Hall–Kier alpha value is -1.09. The quantitative estimate of drug-likeness (QED) is 0.807.